The normalized spacial score (nSPS) is 28.1. The van der Waals surface area contributed by atoms with Gasteiger partial charge in [-0.25, -0.2) is 0 Å². The highest BCUT2D eigenvalue weighted by atomic mass is 16.6. The molecule has 3 aliphatic rings. The summed E-state index contributed by atoms with van der Waals surface area (Å²) in [6.07, 6.45) is 5.75. The first-order valence-electron chi connectivity index (χ1n) is 13.2. The number of fused-ring (bicyclic) bond motifs is 1. The molecule has 3 atom stereocenters. The topological polar surface area (TPSA) is 59.1 Å². The number of likely N-dealkylation sites (tertiary alicyclic amines) is 1. The number of methoxy groups -OCH3 is 1. The lowest BCUT2D eigenvalue weighted by Crippen LogP contribution is -2.68. The zero-order valence-electron chi connectivity index (χ0n) is 21.7. The van der Waals surface area contributed by atoms with E-state index < -0.39 is 11.0 Å². The van der Waals surface area contributed by atoms with Gasteiger partial charge in [-0.05, 0) is 80.8 Å². The minimum absolute atomic E-state index is 0.0348. The molecule has 0 unspecified atom stereocenters. The van der Waals surface area contributed by atoms with Gasteiger partial charge < -0.3 is 14.4 Å². The number of hydrogen-bond donors (Lipinski definition) is 0. The molecular weight excluding hydrogens is 452 g/mol. The Morgan fingerprint density at radius 2 is 1.83 bits per heavy atom. The summed E-state index contributed by atoms with van der Waals surface area (Å²) in [4.78, 5) is 30.4. The summed E-state index contributed by atoms with van der Waals surface area (Å²) in [7, 11) is 3.60. The van der Waals surface area contributed by atoms with Crippen LogP contribution in [-0.4, -0.2) is 67.1 Å². The molecule has 2 aromatic carbocycles. The molecule has 2 aromatic rings. The second-order valence-electron chi connectivity index (χ2n) is 11.0. The van der Waals surface area contributed by atoms with Crippen molar-refractivity contribution >= 4 is 11.9 Å². The Labute approximate surface area is 214 Å². The van der Waals surface area contributed by atoms with Gasteiger partial charge >= 0.3 is 5.97 Å². The summed E-state index contributed by atoms with van der Waals surface area (Å²) in [5, 5.41) is 0. The van der Waals surface area contributed by atoms with E-state index in [1.165, 1.54) is 19.8 Å². The quantitative estimate of drug-likeness (QED) is 0.528. The van der Waals surface area contributed by atoms with E-state index in [0.717, 1.165) is 62.5 Å². The van der Waals surface area contributed by atoms with E-state index in [-0.39, 0.29) is 17.9 Å². The van der Waals surface area contributed by atoms with Gasteiger partial charge in [0.25, 0.3) is 5.91 Å². The Kier molecular flexibility index (Phi) is 6.82. The Balaban J connectivity index is 1.53. The average Bonchev–Trinajstić information content (AvgIpc) is 3.71. The second-order valence-corrected chi connectivity index (χ2v) is 11.0. The lowest BCUT2D eigenvalue weighted by atomic mass is 9.55. The molecule has 0 bridgehead atoms. The van der Waals surface area contributed by atoms with Crippen molar-refractivity contribution in [1.82, 2.24) is 9.80 Å². The smallest absolute Gasteiger partial charge is 0.303 e. The number of esters is 1. The van der Waals surface area contributed by atoms with Crippen molar-refractivity contribution in [3.05, 3.63) is 65.7 Å². The minimum atomic E-state index is -0.633. The van der Waals surface area contributed by atoms with E-state index >= 15 is 0 Å². The third-order valence-corrected chi connectivity index (χ3v) is 8.74. The molecule has 0 spiro atoms. The number of piperidine rings is 1. The van der Waals surface area contributed by atoms with E-state index in [9.17, 15) is 9.59 Å². The number of rotatable bonds is 7. The molecule has 1 aliphatic heterocycles. The number of nitrogens with zero attached hydrogens (tertiary/aromatic N) is 2. The first kappa shape index (κ1) is 24.8. The molecule has 0 aromatic heterocycles. The van der Waals surface area contributed by atoms with E-state index in [1.54, 1.807) is 7.11 Å². The van der Waals surface area contributed by atoms with E-state index in [0.29, 0.717) is 5.56 Å². The zero-order chi connectivity index (χ0) is 25.3. The Bertz CT molecular complexity index is 1100. The van der Waals surface area contributed by atoms with Crippen molar-refractivity contribution in [2.45, 2.75) is 62.5 Å². The van der Waals surface area contributed by atoms with Crippen LogP contribution in [-0.2, 0) is 14.9 Å². The van der Waals surface area contributed by atoms with Gasteiger partial charge in [0.1, 0.15) is 11.4 Å². The Morgan fingerprint density at radius 3 is 2.53 bits per heavy atom. The highest BCUT2D eigenvalue weighted by molar-refractivity contribution is 5.94. The summed E-state index contributed by atoms with van der Waals surface area (Å²) >= 11 is 0. The highest BCUT2D eigenvalue weighted by Crippen LogP contribution is 2.55. The molecule has 1 amide bonds. The lowest BCUT2D eigenvalue weighted by Gasteiger charge is -2.60. The minimum Gasteiger partial charge on any atom is -0.497 e. The molecule has 1 saturated heterocycles. The molecule has 3 fully saturated rings. The lowest BCUT2D eigenvalue weighted by molar-refractivity contribution is -0.188. The number of hydrogen-bond acceptors (Lipinski definition) is 5. The van der Waals surface area contributed by atoms with E-state index in [1.807, 2.05) is 54.4 Å². The Morgan fingerprint density at radius 1 is 1.06 bits per heavy atom. The van der Waals surface area contributed by atoms with Crippen molar-refractivity contribution in [2.75, 3.05) is 33.8 Å². The fourth-order valence-corrected chi connectivity index (χ4v) is 6.68. The first-order chi connectivity index (χ1) is 17.4. The molecule has 6 heteroatoms. The van der Waals surface area contributed by atoms with Crippen LogP contribution in [0.2, 0.25) is 0 Å². The van der Waals surface area contributed by atoms with Crippen molar-refractivity contribution in [2.24, 2.45) is 5.92 Å². The maximum Gasteiger partial charge on any atom is 0.303 e. The molecule has 5 rings (SSSR count). The second kappa shape index (κ2) is 9.89. The van der Waals surface area contributed by atoms with Gasteiger partial charge in [-0.1, -0.05) is 30.3 Å². The van der Waals surface area contributed by atoms with Crippen LogP contribution in [0, 0.1) is 5.92 Å². The van der Waals surface area contributed by atoms with Crippen LogP contribution in [0.5, 0.6) is 5.75 Å². The molecule has 0 radical (unpaired) electrons. The van der Waals surface area contributed by atoms with Crippen LogP contribution in [0.25, 0.3) is 0 Å². The monoisotopic (exact) mass is 490 g/mol. The van der Waals surface area contributed by atoms with Crippen LogP contribution < -0.4 is 4.74 Å². The molecule has 36 heavy (non-hydrogen) atoms. The summed E-state index contributed by atoms with van der Waals surface area (Å²) in [5.41, 5.74) is 0.804. The van der Waals surface area contributed by atoms with Gasteiger partial charge in [0.15, 0.2) is 0 Å². The van der Waals surface area contributed by atoms with Gasteiger partial charge in [-0.3, -0.25) is 14.5 Å². The van der Waals surface area contributed by atoms with Crippen molar-refractivity contribution in [1.29, 1.82) is 0 Å². The zero-order valence-corrected chi connectivity index (χ0v) is 21.7. The number of benzene rings is 2. The number of carbonyl (C=O) groups is 2. The molecular formula is C30H38N2O4. The fourth-order valence-electron chi connectivity index (χ4n) is 6.68. The summed E-state index contributed by atoms with van der Waals surface area (Å²) in [5.74, 6) is 1.37. The summed E-state index contributed by atoms with van der Waals surface area (Å²) in [6.45, 7) is 4.30. The van der Waals surface area contributed by atoms with Crippen LogP contribution in [0.3, 0.4) is 0 Å². The van der Waals surface area contributed by atoms with Crippen LogP contribution in [0.4, 0.5) is 0 Å². The van der Waals surface area contributed by atoms with E-state index in [4.69, 9.17) is 9.47 Å². The summed E-state index contributed by atoms with van der Waals surface area (Å²) in [6, 6.07) is 17.8. The standard InChI is InChI=1S/C30H38N2O4/c1-22(33)36-30-15-14-26(31(2)28(34)24-8-5-4-6-9-24)19-29(30,25-10-7-11-27(18-25)35-3)16-17-32(21-30)20-23-12-13-23/h4-11,18,23,26H,12-17,19-21H2,1-3H3/t26-,29-,30-/m0/s1. The largest absolute Gasteiger partial charge is 0.497 e. The van der Waals surface area contributed by atoms with E-state index in [2.05, 4.69) is 17.0 Å². The number of ether oxygens (including phenoxy) is 2. The first-order valence-corrected chi connectivity index (χ1v) is 13.2. The molecule has 0 N–H and O–H groups in total. The van der Waals surface area contributed by atoms with Gasteiger partial charge in [0.05, 0.1) is 7.11 Å². The molecule has 192 valence electrons. The summed E-state index contributed by atoms with van der Waals surface area (Å²) < 4.78 is 12.0. The predicted octanol–water partition coefficient (Wildman–Crippen LogP) is 4.68. The molecule has 1 heterocycles. The fraction of sp³-hybridized carbons (Fsp3) is 0.533. The van der Waals surface area contributed by atoms with Crippen LogP contribution in [0.1, 0.15) is 61.4 Å². The highest BCUT2D eigenvalue weighted by Gasteiger charge is 2.61. The number of carbonyl (C=O) groups excluding carboxylic acids is 2. The SMILES string of the molecule is COc1cccc([C@@]23CCN(CC4CC4)C[C@@]2(OC(C)=O)CC[C@H](N(C)C(=O)c2ccccc2)C3)c1. The average molecular weight is 491 g/mol. The third-order valence-electron chi connectivity index (χ3n) is 8.74. The van der Waals surface area contributed by atoms with Crippen molar-refractivity contribution in [3.8, 4) is 5.75 Å². The molecule has 2 aliphatic carbocycles. The molecule has 2 saturated carbocycles. The van der Waals surface area contributed by atoms with Gasteiger partial charge in [0, 0.05) is 44.1 Å². The van der Waals surface area contributed by atoms with Gasteiger partial charge in [0.2, 0.25) is 0 Å². The van der Waals surface area contributed by atoms with Crippen molar-refractivity contribution in [3.63, 3.8) is 0 Å². The maximum absolute atomic E-state index is 13.4. The van der Waals surface area contributed by atoms with Gasteiger partial charge in [-0.2, -0.15) is 0 Å². The third kappa shape index (κ3) is 4.63. The maximum atomic E-state index is 13.4. The number of amides is 1. The Hall–Kier alpha value is -2.86. The van der Waals surface area contributed by atoms with Crippen molar-refractivity contribution < 1.29 is 19.1 Å². The van der Waals surface area contributed by atoms with Gasteiger partial charge in [-0.15, -0.1) is 0 Å². The van der Waals surface area contributed by atoms with Crippen LogP contribution >= 0.6 is 0 Å². The van der Waals surface area contributed by atoms with Crippen LogP contribution in [0.15, 0.2) is 54.6 Å². The molecule has 6 nitrogen and oxygen atoms in total. The predicted molar refractivity (Wildman–Crippen MR) is 139 cm³/mol.